The summed E-state index contributed by atoms with van der Waals surface area (Å²) in [6.45, 7) is 1.55. The number of hydrogen-bond donors (Lipinski definition) is 2. The number of allylic oxidation sites excluding steroid dienone is 1. The molecule has 28 heavy (non-hydrogen) atoms. The van der Waals surface area contributed by atoms with Crippen LogP contribution < -0.4 is 5.32 Å². The molecule has 138 valence electrons. The Balaban J connectivity index is 1.92. The second kappa shape index (κ2) is 7.97. The molecule has 1 amide bonds. The fourth-order valence-electron chi connectivity index (χ4n) is 3.63. The molecule has 4 rings (SSSR count). The monoisotopic (exact) mass is 366 g/mol. The highest BCUT2D eigenvalue weighted by atomic mass is 16.1. The van der Waals surface area contributed by atoms with Gasteiger partial charge in [-0.1, -0.05) is 78.9 Å². The lowest BCUT2D eigenvalue weighted by Gasteiger charge is -2.22. The largest absolute Gasteiger partial charge is 0.361 e. The lowest BCUT2D eigenvalue weighted by atomic mass is 9.87. The van der Waals surface area contributed by atoms with E-state index in [0.717, 1.165) is 33.3 Å². The maximum absolute atomic E-state index is 12.1. The molecule has 4 aromatic rings. The Labute approximate surface area is 164 Å². The van der Waals surface area contributed by atoms with Crippen LogP contribution in [0.3, 0.4) is 0 Å². The molecule has 3 heteroatoms. The van der Waals surface area contributed by atoms with Crippen LogP contribution in [0.5, 0.6) is 0 Å². The van der Waals surface area contributed by atoms with Crippen LogP contribution in [-0.2, 0) is 4.79 Å². The van der Waals surface area contributed by atoms with Crippen LogP contribution in [0.1, 0.15) is 29.5 Å². The Morgan fingerprint density at radius 2 is 1.54 bits per heavy atom. The predicted octanol–water partition coefficient (Wildman–Crippen LogP) is 5.48. The van der Waals surface area contributed by atoms with Crippen molar-refractivity contribution in [3.05, 3.63) is 114 Å². The highest BCUT2D eigenvalue weighted by Crippen LogP contribution is 2.36. The van der Waals surface area contributed by atoms with E-state index in [2.05, 4.69) is 40.6 Å². The smallest absolute Gasteiger partial charge is 0.221 e. The molecule has 0 unspecified atom stereocenters. The second-order valence-electron chi connectivity index (χ2n) is 6.82. The van der Waals surface area contributed by atoms with Crippen molar-refractivity contribution in [1.82, 2.24) is 10.3 Å². The average molecular weight is 366 g/mol. The standard InChI is InChI=1S/C25H22N2O/c1-18(28)27-24(16-19-10-4-2-5-11-19)25(20-12-6-3-7-13-20)22-17-26-23-15-9-8-14-21(22)23/h2-17,25-26H,1H3,(H,27,28)/b24-16-/t25-/m0/s1. The number of carbonyl (C=O) groups excluding carboxylic acids is 1. The van der Waals surface area contributed by atoms with E-state index in [1.165, 1.54) is 0 Å². The van der Waals surface area contributed by atoms with Crippen molar-refractivity contribution in [2.75, 3.05) is 0 Å². The van der Waals surface area contributed by atoms with E-state index in [1.807, 2.05) is 66.9 Å². The summed E-state index contributed by atoms with van der Waals surface area (Å²) >= 11 is 0. The van der Waals surface area contributed by atoms with Crippen molar-refractivity contribution >= 4 is 22.9 Å². The van der Waals surface area contributed by atoms with Gasteiger partial charge in [-0.15, -0.1) is 0 Å². The zero-order chi connectivity index (χ0) is 19.3. The van der Waals surface area contributed by atoms with Gasteiger partial charge in [0.1, 0.15) is 0 Å². The SMILES string of the molecule is CC(=O)N/C(=C\c1ccccc1)[C@@H](c1ccccc1)c1c[nH]c2ccccc12. The van der Waals surface area contributed by atoms with Crippen LogP contribution >= 0.6 is 0 Å². The van der Waals surface area contributed by atoms with Gasteiger partial charge in [0.05, 0.1) is 5.92 Å². The number of aromatic nitrogens is 1. The zero-order valence-corrected chi connectivity index (χ0v) is 15.7. The summed E-state index contributed by atoms with van der Waals surface area (Å²) in [5, 5.41) is 4.24. The number of amides is 1. The quantitative estimate of drug-likeness (QED) is 0.483. The first-order valence-electron chi connectivity index (χ1n) is 9.37. The molecule has 3 aromatic carbocycles. The molecule has 0 radical (unpaired) electrons. The molecule has 0 aliphatic carbocycles. The number of H-pyrrole nitrogens is 1. The van der Waals surface area contributed by atoms with Crippen LogP contribution in [0, 0.1) is 0 Å². The summed E-state index contributed by atoms with van der Waals surface area (Å²) in [6.07, 6.45) is 4.10. The van der Waals surface area contributed by atoms with Crippen LogP contribution in [0.4, 0.5) is 0 Å². The Kier molecular flexibility index (Phi) is 5.07. The molecule has 0 spiro atoms. The molecule has 0 aliphatic rings. The van der Waals surface area contributed by atoms with Crippen molar-refractivity contribution < 1.29 is 4.79 Å². The summed E-state index contributed by atoms with van der Waals surface area (Å²) in [7, 11) is 0. The number of rotatable bonds is 5. The lowest BCUT2D eigenvalue weighted by Crippen LogP contribution is -2.24. The normalized spacial score (nSPS) is 12.7. The van der Waals surface area contributed by atoms with Crippen molar-refractivity contribution in [3.8, 4) is 0 Å². The molecule has 2 N–H and O–H groups in total. The van der Waals surface area contributed by atoms with Gasteiger partial charge in [-0.25, -0.2) is 0 Å². The second-order valence-corrected chi connectivity index (χ2v) is 6.82. The van der Waals surface area contributed by atoms with Gasteiger partial charge in [0, 0.05) is 29.7 Å². The summed E-state index contributed by atoms with van der Waals surface area (Å²) < 4.78 is 0. The fourth-order valence-corrected chi connectivity index (χ4v) is 3.63. The molecule has 3 nitrogen and oxygen atoms in total. The molecule has 0 aliphatic heterocycles. The first kappa shape index (κ1) is 17.8. The Hall–Kier alpha value is -3.59. The average Bonchev–Trinajstić information content (AvgIpc) is 3.13. The van der Waals surface area contributed by atoms with Gasteiger partial charge in [-0.05, 0) is 28.8 Å². The maximum atomic E-state index is 12.1. The van der Waals surface area contributed by atoms with Gasteiger partial charge >= 0.3 is 0 Å². The van der Waals surface area contributed by atoms with Crippen LogP contribution in [0.25, 0.3) is 17.0 Å². The lowest BCUT2D eigenvalue weighted by molar-refractivity contribution is -0.118. The number of nitrogens with one attached hydrogen (secondary N) is 2. The van der Waals surface area contributed by atoms with Crippen LogP contribution in [0.2, 0.25) is 0 Å². The molecule has 1 aromatic heterocycles. The number of benzene rings is 3. The third-order valence-electron chi connectivity index (χ3n) is 4.82. The van der Waals surface area contributed by atoms with Crippen molar-refractivity contribution in [3.63, 3.8) is 0 Å². The van der Waals surface area contributed by atoms with E-state index in [4.69, 9.17) is 0 Å². The number of aromatic amines is 1. The molecule has 1 atom stereocenters. The molecular weight excluding hydrogens is 344 g/mol. The summed E-state index contributed by atoms with van der Waals surface area (Å²) in [5.74, 6) is -0.176. The summed E-state index contributed by atoms with van der Waals surface area (Å²) in [6, 6.07) is 28.6. The molecule has 0 saturated heterocycles. The van der Waals surface area contributed by atoms with Crippen LogP contribution in [0.15, 0.2) is 96.8 Å². The Bertz CT molecular complexity index is 1110. The third kappa shape index (κ3) is 3.74. The van der Waals surface area contributed by atoms with E-state index < -0.39 is 0 Å². The number of fused-ring (bicyclic) bond motifs is 1. The fraction of sp³-hybridized carbons (Fsp3) is 0.0800. The van der Waals surface area contributed by atoms with E-state index in [-0.39, 0.29) is 11.8 Å². The van der Waals surface area contributed by atoms with E-state index in [9.17, 15) is 4.79 Å². The number of carbonyl (C=O) groups is 1. The molecule has 0 saturated carbocycles. The molecule has 0 bridgehead atoms. The van der Waals surface area contributed by atoms with E-state index >= 15 is 0 Å². The molecule has 1 heterocycles. The molecular formula is C25H22N2O. The number of hydrogen-bond acceptors (Lipinski definition) is 1. The number of para-hydroxylation sites is 1. The third-order valence-corrected chi connectivity index (χ3v) is 4.82. The van der Waals surface area contributed by atoms with Crippen molar-refractivity contribution in [2.45, 2.75) is 12.8 Å². The minimum absolute atomic E-state index is 0.0806. The maximum Gasteiger partial charge on any atom is 0.221 e. The zero-order valence-electron chi connectivity index (χ0n) is 15.7. The van der Waals surface area contributed by atoms with Gasteiger partial charge in [0.15, 0.2) is 0 Å². The summed E-state index contributed by atoms with van der Waals surface area (Å²) in [5.41, 5.74) is 5.25. The first-order chi connectivity index (χ1) is 13.7. The van der Waals surface area contributed by atoms with Crippen LogP contribution in [-0.4, -0.2) is 10.9 Å². The Morgan fingerprint density at radius 3 is 2.25 bits per heavy atom. The highest BCUT2D eigenvalue weighted by Gasteiger charge is 2.23. The highest BCUT2D eigenvalue weighted by molar-refractivity contribution is 5.86. The van der Waals surface area contributed by atoms with Gasteiger partial charge in [-0.3, -0.25) is 4.79 Å². The van der Waals surface area contributed by atoms with Gasteiger partial charge in [0.25, 0.3) is 0 Å². The summed E-state index contributed by atoms with van der Waals surface area (Å²) in [4.78, 5) is 15.4. The van der Waals surface area contributed by atoms with Gasteiger partial charge in [0.2, 0.25) is 5.91 Å². The Morgan fingerprint density at radius 1 is 0.893 bits per heavy atom. The topological polar surface area (TPSA) is 44.9 Å². The van der Waals surface area contributed by atoms with Crippen molar-refractivity contribution in [2.24, 2.45) is 0 Å². The minimum Gasteiger partial charge on any atom is -0.361 e. The van der Waals surface area contributed by atoms with E-state index in [1.54, 1.807) is 6.92 Å². The molecule has 0 fully saturated rings. The first-order valence-corrected chi connectivity index (χ1v) is 9.37. The minimum atomic E-state index is -0.0959. The van der Waals surface area contributed by atoms with Gasteiger partial charge < -0.3 is 10.3 Å². The van der Waals surface area contributed by atoms with Crippen molar-refractivity contribution in [1.29, 1.82) is 0 Å². The predicted molar refractivity (Wildman–Crippen MR) is 115 cm³/mol. The van der Waals surface area contributed by atoms with E-state index in [0.29, 0.717) is 0 Å². The van der Waals surface area contributed by atoms with Gasteiger partial charge in [-0.2, -0.15) is 0 Å².